The van der Waals surface area contributed by atoms with E-state index in [4.69, 9.17) is 5.21 Å². The van der Waals surface area contributed by atoms with Crippen LogP contribution in [0.1, 0.15) is 6.42 Å². The van der Waals surface area contributed by atoms with Crippen molar-refractivity contribution in [1.82, 2.24) is 5.48 Å². The van der Waals surface area contributed by atoms with Gasteiger partial charge in [-0.15, -0.1) is 0 Å². The van der Waals surface area contributed by atoms with Gasteiger partial charge in [-0.1, -0.05) is 0 Å². The van der Waals surface area contributed by atoms with Crippen LogP contribution in [0.25, 0.3) is 0 Å². The first kappa shape index (κ1) is 7.43. The third-order valence-corrected chi connectivity index (χ3v) is 1.48. The van der Waals surface area contributed by atoms with Crippen LogP contribution in [-0.2, 0) is 9.53 Å². The minimum atomic E-state index is -2.02. The summed E-state index contributed by atoms with van der Waals surface area (Å²) in [5.74, 6) is -1.02. The zero-order chi connectivity index (χ0) is 7.61. The number of carbonyl (C=O) groups is 1. The Labute approximate surface area is 56.9 Å². The molecule has 58 valence electrons. The highest BCUT2D eigenvalue weighted by molar-refractivity contribution is 5.84. The predicted octanol–water partition coefficient (Wildman–Crippen LogP) is -0.380. The smallest absolute Gasteiger partial charge is 0.283 e. The molecule has 4 nitrogen and oxygen atoms in total. The van der Waals surface area contributed by atoms with Crippen LogP contribution >= 0.6 is 0 Å². The van der Waals surface area contributed by atoms with Crippen LogP contribution < -0.4 is 5.48 Å². The molecule has 0 aromatic heterocycles. The van der Waals surface area contributed by atoms with Gasteiger partial charge in [-0.3, -0.25) is 10.0 Å². The molecule has 2 N–H and O–H groups in total. The molecule has 1 aliphatic heterocycles. The quantitative estimate of drug-likeness (QED) is 0.394. The Morgan fingerprint density at radius 1 is 1.80 bits per heavy atom. The largest absolute Gasteiger partial charge is 0.377 e. The fourth-order valence-electron chi connectivity index (χ4n) is 0.819. The molecule has 1 heterocycles. The minimum Gasteiger partial charge on any atom is -0.377 e. The summed E-state index contributed by atoms with van der Waals surface area (Å²) >= 11 is 0. The molecule has 0 aromatic rings. The maximum atomic E-state index is 13.0. The first-order valence-corrected chi connectivity index (χ1v) is 2.90. The van der Waals surface area contributed by atoms with E-state index in [1.54, 1.807) is 0 Å². The maximum Gasteiger partial charge on any atom is 0.283 e. The van der Waals surface area contributed by atoms with Gasteiger partial charge in [0.05, 0.1) is 13.2 Å². The van der Waals surface area contributed by atoms with Gasteiger partial charge in [0, 0.05) is 6.42 Å². The highest BCUT2D eigenvalue weighted by Crippen LogP contribution is 2.22. The third kappa shape index (κ3) is 1.10. The van der Waals surface area contributed by atoms with Gasteiger partial charge in [-0.2, -0.15) is 0 Å². The van der Waals surface area contributed by atoms with E-state index in [0.29, 0.717) is 0 Å². The van der Waals surface area contributed by atoms with E-state index < -0.39 is 11.6 Å². The number of alkyl halides is 1. The molecule has 1 aliphatic rings. The van der Waals surface area contributed by atoms with Crippen LogP contribution in [-0.4, -0.2) is 30.0 Å². The molecular formula is C5H8FNO3. The molecule has 1 atom stereocenters. The molecular weight excluding hydrogens is 141 g/mol. The van der Waals surface area contributed by atoms with E-state index in [1.807, 2.05) is 0 Å². The Kier molecular flexibility index (Phi) is 1.87. The summed E-state index contributed by atoms with van der Waals surface area (Å²) in [6.07, 6.45) is 0.0133. The number of hydrogen-bond donors (Lipinski definition) is 2. The van der Waals surface area contributed by atoms with Crippen LogP contribution in [0.4, 0.5) is 4.39 Å². The first-order chi connectivity index (χ1) is 4.69. The molecule has 0 saturated carbocycles. The summed E-state index contributed by atoms with van der Waals surface area (Å²) in [5.41, 5.74) is -0.766. The molecule has 0 bridgehead atoms. The van der Waals surface area contributed by atoms with E-state index in [9.17, 15) is 9.18 Å². The number of nitrogens with one attached hydrogen (secondary N) is 1. The molecule has 1 saturated heterocycles. The van der Waals surface area contributed by atoms with Crippen molar-refractivity contribution in [3.05, 3.63) is 0 Å². The van der Waals surface area contributed by atoms with Crippen molar-refractivity contribution in [2.75, 3.05) is 13.2 Å². The monoisotopic (exact) mass is 149 g/mol. The standard InChI is InChI=1S/C5H8FNO3/c6-5(4(8)7-9)1-2-10-3-5/h9H,1-3H2,(H,7,8). The number of rotatable bonds is 1. The van der Waals surface area contributed by atoms with Gasteiger partial charge in [0.2, 0.25) is 5.67 Å². The zero-order valence-corrected chi connectivity index (χ0v) is 5.26. The summed E-state index contributed by atoms with van der Waals surface area (Å²) in [4.78, 5) is 10.5. The molecule has 5 heteroatoms. The summed E-state index contributed by atoms with van der Waals surface area (Å²) in [6, 6.07) is 0. The van der Waals surface area contributed by atoms with Crippen LogP contribution in [0.3, 0.4) is 0 Å². The molecule has 0 aromatic carbocycles. The highest BCUT2D eigenvalue weighted by Gasteiger charge is 2.42. The van der Waals surface area contributed by atoms with Gasteiger partial charge >= 0.3 is 0 Å². The number of carbonyl (C=O) groups excluding carboxylic acids is 1. The van der Waals surface area contributed by atoms with E-state index >= 15 is 0 Å². The lowest BCUT2D eigenvalue weighted by molar-refractivity contribution is -0.141. The Bertz CT molecular complexity index is 144. The van der Waals surface area contributed by atoms with Crippen molar-refractivity contribution >= 4 is 5.91 Å². The lowest BCUT2D eigenvalue weighted by Crippen LogP contribution is -2.42. The first-order valence-electron chi connectivity index (χ1n) is 2.90. The average Bonchev–Trinajstić information content (AvgIpc) is 2.36. The number of ether oxygens (including phenoxy) is 1. The molecule has 1 rings (SSSR count). The number of halogens is 1. The molecule has 1 amide bonds. The summed E-state index contributed by atoms with van der Waals surface area (Å²) in [6.45, 7) is -0.0384. The van der Waals surface area contributed by atoms with Crippen LogP contribution in [0, 0.1) is 0 Å². The second kappa shape index (κ2) is 2.51. The van der Waals surface area contributed by atoms with Crippen LogP contribution in [0.5, 0.6) is 0 Å². The fourth-order valence-corrected chi connectivity index (χ4v) is 0.819. The van der Waals surface area contributed by atoms with Crippen LogP contribution in [0.15, 0.2) is 0 Å². The molecule has 0 spiro atoms. The number of amides is 1. The van der Waals surface area contributed by atoms with Crippen molar-refractivity contribution in [1.29, 1.82) is 0 Å². The summed E-state index contributed by atoms with van der Waals surface area (Å²) in [7, 11) is 0. The Morgan fingerprint density at radius 2 is 2.50 bits per heavy atom. The van der Waals surface area contributed by atoms with Crippen LogP contribution in [0.2, 0.25) is 0 Å². The van der Waals surface area contributed by atoms with Gasteiger partial charge < -0.3 is 4.74 Å². The van der Waals surface area contributed by atoms with Crippen molar-refractivity contribution in [2.24, 2.45) is 0 Å². The zero-order valence-electron chi connectivity index (χ0n) is 5.26. The minimum absolute atomic E-state index is 0.0133. The van der Waals surface area contributed by atoms with Crippen molar-refractivity contribution in [3.8, 4) is 0 Å². The second-order valence-corrected chi connectivity index (χ2v) is 2.21. The molecule has 0 radical (unpaired) electrons. The summed E-state index contributed by atoms with van der Waals surface area (Å²) in [5, 5.41) is 8.07. The normalized spacial score (nSPS) is 32.2. The van der Waals surface area contributed by atoms with Gasteiger partial charge in [0.25, 0.3) is 5.91 Å². The Morgan fingerprint density at radius 3 is 2.90 bits per heavy atom. The topological polar surface area (TPSA) is 58.6 Å². The SMILES string of the molecule is O=C(NO)C1(F)CCOC1. The second-order valence-electron chi connectivity index (χ2n) is 2.21. The number of hydrogen-bond acceptors (Lipinski definition) is 3. The van der Waals surface area contributed by atoms with E-state index in [-0.39, 0.29) is 19.6 Å². The highest BCUT2D eigenvalue weighted by atomic mass is 19.1. The van der Waals surface area contributed by atoms with Gasteiger partial charge in [-0.25, -0.2) is 9.87 Å². The lowest BCUT2D eigenvalue weighted by atomic mass is 10.1. The third-order valence-electron chi connectivity index (χ3n) is 1.48. The maximum absolute atomic E-state index is 13.0. The van der Waals surface area contributed by atoms with E-state index in [2.05, 4.69) is 4.74 Å². The molecule has 10 heavy (non-hydrogen) atoms. The summed E-state index contributed by atoms with van der Waals surface area (Å²) < 4.78 is 17.6. The van der Waals surface area contributed by atoms with E-state index in [1.165, 1.54) is 5.48 Å². The average molecular weight is 149 g/mol. The van der Waals surface area contributed by atoms with Gasteiger partial charge in [0.1, 0.15) is 0 Å². The Hall–Kier alpha value is -0.680. The van der Waals surface area contributed by atoms with E-state index in [0.717, 1.165) is 0 Å². The molecule has 1 unspecified atom stereocenters. The fraction of sp³-hybridized carbons (Fsp3) is 0.800. The van der Waals surface area contributed by atoms with Gasteiger partial charge in [0.15, 0.2) is 0 Å². The molecule has 1 fully saturated rings. The van der Waals surface area contributed by atoms with Crippen molar-refractivity contribution < 1.29 is 19.1 Å². The Balaban J connectivity index is 2.58. The lowest BCUT2D eigenvalue weighted by Gasteiger charge is -2.12. The van der Waals surface area contributed by atoms with Crippen molar-refractivity contribution in [2.45, 2.75) is 12.1 Å². The molecule has 0 aliphatic carbocycles. The predicted molar refractivity (Wildman–Crippen MR) is 29.2 cm³/mol. The van der Waals surface area contributed by atoms with Crippen molar-refractivity contribution in [3.63, 3.8) is 0 Å². The number of hydroxylamine groups is 1. The van der Waals surface area contributed by atoms with Gasteiger partial charge in [-0.05, 0) is 0 Å².